The molecule has 0 aromatic heterocycles. The molecule has 0 spiro atoms. The van der Waals surface area contributed by atoms with Crippen LogP contribution in [0.25, 0.3) is 0 Å². The lowest BCUT2D eigenvalue weighted by atomic mass is 9.42. The fourth-order valence-corrected chi connectivity index (χ4v) is 9.92. The van der Waals surface area contributed by atoms with Gasteiger partial charge < -0.3 is 14.6 Å². The summed E-state index contributed by atoms with van der Waals surface area (Å²) in [5.74, 6) is 3.15. The molecule has 4 saturated carbocycles. The number of ether oxygens (including phenoxy) is 2. The monoisotopic (exact) mass is 504 g/mol. The van der Waals surface area contributed by atoms with Crippen LogP contribution in [-0.4, -0.2) is 34.9 Å². The molecule has 0 bridgehead atoms. The highest BCUT2D eigenvalue weighted by Crippen LogP contribution is 2.69. The van der Waals surface area contributed by atoms with E-state index in [1.807, 2.05) is 0 Å². The average Bonchev–Trinajstić information content (AvgIpc) is 3.12. The van der Waals surface area contributed by atoms with Crippen molar-refractivity contribution in [3.63, 3.8) is 0 Å². The zero-order valence-electron chi connectivity index (χ0n) is 24.0. The van der Waals surface area contributed by atoms with Crippen LogP contribution < -0.4 is 0 Å². The van der Waals surface area contributed by atoms with E-state index in [1.165, 1.54) is 52.4 Å². The Bertz CT molecular complexity index is 824. The third kappa shape index (κ3) is 4.76. The van der Waals surface area contributed by atoms with E-state index in [9.17, 15) is 14.7 Å². The van der Waals surface area contributed by atoms with Crippen LogP contribution in [0.4, 0.5) is 0 Å². The molecule has 0 heterocycles. The summed E-state index contributed by atoms with van der Waals surface area (Å²) >= 11 is 0. The second-order valence-corrected chi connectivity index (χ2v) is 14.1. The highest BCUT2D eigenvalue weighted by Gasteiger charge is 2.68. The molecule has 0 radical (unpaired) electrons. The third-order valence-electron chi connectivity index (χ3n) is 11.6. The highest BCUT2D eigenvalue weighted by atomic mass is 16.6. The number of carbonyl (C=O) groups excluding carboxylic acids is 2. The number of carbonyl (C=O) groups is 2. The molecule has 36 heavy (non-hydrogen) atoms. The Balaban J connectivity index is 1.59. The van der Waals surface area contributed by atoms with Crippen molar-refractivity contribution >= 4 is 11.9 Å². The van der Waals surface area contributed by atoms with E-state index in [0.717, 1.165) is 43.4 Å². The van der Waals surface area contributed by atoms with Crippen LogP contribution in [-0.2, 0) is 19.1 Å². The van der Waals surface area contributed by atoms with Crippen molar-refractivity contribution in [2.75, 3.05) is 0 Å². The van der Waals surface area contributed by atoms with Crippen molar-refractivity contribution in [2.24, 2.45) is 46.3 Å². The maximum atomic E-state index is 12.3. The first-order valence-corrected chi connectivity index (χ1v) is 14.9. The van der Waals surface area contributed by atoms with E-state index >= 15 is 0 Å². The lowest BCUT2D eigenvalue weighted by Crippen LogP contribution is -2.69. The minimum atomic E-state index is -1.16. The van der Waals surface area contributed by atoms with E-state index in [2.05, 4.69) is 34.6 Å². The zero-order chi connectivity index (χ0) is 26.5. The molecule has 10 atom stereocenters. The smallest absolute Gasteiger partial charge is 0.303 e. The largest absolute Gasteiger partial charge is 0.462 e. The molecular weight excluding hydrogens is 452 g/mol. The van der Waals surface area contributed by atoms with Crippen LogP contribution in [0.5, 0.6) is 0 Å². The summed E-state index contributed by atoms with van der Waals surface area (Å²) < 4.78 is 11.5. The van der Waals surface area contributed by atoms with Crippen LogP contribution in [0, 0.1) is 46.3 Å². The maximum Gasteiger partial charge on any atom is 0.303 e. The number of rotatable bonds is 7. The van der Waals surface area contributed by atoms with Crippen molar-refractivity contribution in [3.05, 3.63) is 0 Å². The molecule has 5 heteroatoms. The standard InChI is InChI=1S/C31H52O5/c1-19(2)9-8-10-20(3)25-11-12-26-24-17-28(36-22(5)33)31(34)18-23(35-21(4)32)13-16-30(31,7)27(24)14-15-29(25,26)6/h19-20,23-28,34H,8-18H2,1-7H3/t20-,23-,24-,25+,26-,27-,28+,29+,30-,31+/m1/s1. The fourth-order valence-electron chi connectivity index (χ4n) is 9.92. The molecule has 0 saturated heterocycles. The van der Waals surface area contributed by atoms with Crippen LogP contribution >= 0.6 is 0 Å². The normalized spacial score (nSPS) is 44.8. The van der Waals surface area contributed by atoms with Crippen molar-refractivity contribution in [3.8, 4) is 0 Å². The highest BCUT2D eigenvalue weighted by molar-refractivity contribution is 5.66. The Morgan fingerprint density at radius 2 is 1.61 bits per heavy atom. The Hall–Kier alpha value is -1.10. The molecule has 0 aromatic carbocycles. The van der Waals surface area contributed by atoms with Gasteiger partial charge in [-0.15, -0.1) is 0 Å². The summed E-state index contributed by atoms with van der Waals surface area (Å²) in [7, 11) is 0. The van der Waals surface area contributed by atoms with Crippen LogP contribution in [0.1, 0.15) is 119 Å². The van der Waals surface area contributed by atoms with Crippen LogP contribution in [0.15, 0.2) is 0 Å². The van der Waals surface area contributed by atoms with Crippen molar-refractivity contribution in [2.45, 2.75) is 137 Å². The molecule has 4 aliphatic carbocycles. The molecule has 4 fully saturated rings. The first-order valence-electron chi connectivity index (χ1n) is 14.9. The van der Waals surface area contributed by atoms with Gasteiger partial charge in [-0.2, -0.15) is 0 Å². The van der Waals surface area contributed by atoms with Gasteiger partial charge in [-0.3, -0.25) is 9.59 Å². The van der Waals surface area contributed by atoms with Gasteiger partial charge in [0, 0.05) is 25.7 Å². The molecular formula is C31H52O5. The van der Waals surface area contributed by atoms with Gasteiger partial charge in [0.15, 0.2) is 0 Å². The molecule has 206 valence electrons. The minimum Gasteiger partial charge on any atom is -0.462 e. The number of hydrogen-bond donors (Lipinski definition) is 1. The van der Waals surface area contributed by atoms with Gasteiger partial charge in [0.05, 0.1) is 0 Å². The zero-order valence-corrected chi connectivity index (χ0v) is 24.0. The van der Waals surface area contributed by atoms with E-state index in [4.69, 9.17) is 9.47 Å². The van der Waals surface area contributed by atoms with E-state index in [0.29, 0.717) is 29.6 Å². The lowest BCUT2D eigenvalue weighted by Gasteiger charge is -2.65. The summed E-state index contributed by atoms with van der Waals surface area (Å²) in [6.07, 6.45) is 10.7. The molecule has 0 aliphatic heterocycles. The second kappa shape index (κ2) is 10.2. The molecule has 0 unspecified atom stereocenters. The number of esters is 2. The van der Waals surface area contributed by atoms with Crippen LogP contribution in [0.3, 0.4) is 0 Å². The fraction of sp³-hybridized carbons (Fsp3) is 0.935. The van der Waals surface area contributed by atoms with Gasteiger partial charge in [-0.1, -0.05) is 53.9 Å². The van der Waals surface area contributed by atoms with Gasteiger partial charge in [0.2, 0.25) is 0 Å². The summed E-state index contributed by atoms with van der Waals surface area (Å²) in [5, 5.41) is 12.3. The Kier molecular flexibility index (Phi) is 7.93. The summed E-state index contributed by atoms with van der Waals surface area (Å²) in [6.45, 7) is 14.8. The minimum absolute atomic E-state index is 0.308. The van der Waals surface area contributed by atoms with E-state index in [-0.39, 0.29) is 23.5 Å². The Labute approximate surface area is 219 Å². The van der Waals surface area contributed by atoms with Crippen molar-refractivity contribution in [1.29, 1.82) is 0 Å². The molecule has 4 aliphatic rings. The van der Waals surface area contributed by atoms with Gasteiger partial charge in [-0.25, -0.2) is 0 Å². The van der Waals surface area contributed by atoms with Crippen molar-refractivity contribution in [1.82, 2.24) is 0 Å². The van der Waals surface area contributed by atoms with Gasteiger partial charge >= 0.3 is 11.9 Å². The topological polar surface area (TPSA) is 72.8 Å². The van der Waals surface area contributed by atoms with Crippen molar-refractivity contribution < 1.29 is 24.2 Å². The summed E-state index contributed by atoms with van der Waals surface area (Å²) in [5.41, 5.74) is -1.16. The molecule has 1 N–H and O–H groups in total. The van der Waals surface area contributed by atoms with Crippen LogP contribution in [0.2, 0.25) is 0 Å². The average molecular weight is 505 g/mol. The predicted molar refractivity (Wildman–Crippen MR) is 141 cm³/mol. The molecule has 0 aromatic rings. The molecule has 5 nitrogen and oxygen atoms in total. The van der Waals surface area contributed by atoms with Gasteiger partial charge in [0.1, 0.15) is 17.8 Å². The quantitative estimate of drug-likeness (QED) is 0.391. The number of hydrogen-bond acceptors (Lipinski definition) is 5. The third-order valence-corrected chi connectivity index (χ3v) is 11.6. The Morgan fingerprint density at radius 3 is 2.25 bits per heavy atom. The van der Waals surface area contributed by atoms with E-state index < -0.39 is 11.7 Å². The first kappa shape index (κ1) is 27.9. The van der Waals surface area contributed by atoms with Gasteiger partial charge in [-0.05, 0) is 85.9 Å². The SMILES string of the molecule is CC(=O)O[C@@H]1CC[C@]2(C)[C@@H]3CC[C@]4(C)[C@H](CC[C@H]4[C@H](C)CCCC(C)C)[C@H]3C[C@H](OC(C)=O)[C@@]2(O)C1. The number of fused-ring (bicyclic) bond motifs is 5. The summed E-state index contributed by atoms with van der Waals surface area (Å²) in [4.78, 5) is 23.9. The second-order valence-electron chi connectivity index (χ2n) is 14.1. The Morgan fingerprint density at radius 1 is 0.917 bits per heavy atom. The summed E-state index contributed by atoms with van der Waals surface area (Å²) in [6, 6.07) is 0. The predicted octanol–water partition coefficient (Wildman–Crippen LogP) is 6.70. The molecule has 0 amide bonds. The first-order chi connectivity index (χ1) is 16.8. The van der Waals surface area contributed by atoms with E-state index in [1.54, 1.807) is 0 Å². The molecule has 4 rings (SSSR count). The number of aliphatic hydroxyl groups is 1. The lowest BCUT2D eigenvalue weighted by molar-refractivity contribution is -0.271. The van der Waals surface area contributed by atoms with Gasteiger partial charge in [0.25, 0.3) is 0 Å². The maximum absolute atomic E-state index is 12.3.